The van der Waals surface area contributed by atoms with Crippen LogP contribution in [0.1, 0.15) is 38.2 Å². The molecule has 2 aliphatic rings. The summed E-state index contributed by atoms with van der Waals surface area (Å²) in [6.07, 6.45) is 2.60. The third-order valence-corrected chi connectivity index (χ3v) is 7.87. The first-order valence-electron chi connectivity index (χ1n) is 9.73. The molecule has 29 heavy (non-hydrogen) atoms. The zero-order chi connectivity index (χ0) is 21.3. The Kier molecular flexibility index (Phi) is 6.54. The summed E-state index contributed by atoms with van der Waals surface area (Å²) >= 11 is 0. The van der Waals surface area contributed by atoms with E-state index in [4.69, 9.17) is 5.73 Å². The number of halogens is 3. The zero-order valence-electron chi connectivity index (χ0n) is 16.2. The van der Waals surface area contributed by atoms with Gasteiger partial charge in [-0.05, 0) is 49.7 Å². The molecule has 6 nitrogen and oxygen atoms in total. The highest BCUT2D eigenvalue weighted by molar-refractivity contribution is 7.89. The summed E-state index contributed by atoms with van der Waals surface area (Å²) < 4.78 is 67.5. The molecule has 2 aliphatic heterocycles. The number of nitrogens with one attached hydrogen (secondary N) is 1. The summed E-state index contributed by atoms with van der Waals surface area (Å²) in [5.74, 6) is -3.67. The van der Waals surface area contributed by atoms with Crippen LogP contribution in [0.2, 0.25) is 0 Å². The van der Waals surface area contributed by atoms with Gasteiger partial charge in [-0.15, -0.1) is 0 Å². The number of fused-ring (bicyclic) bond motifs is 2. The van der Waals surface area contributed by atoms with Gasteiger partial charge in [0.05, 0.1) is 5.75 Å². The maximum absolute atomic E-state index is 13.9. The largest absolute Gasteiger partial charge is 0.355 e. The average Bonchev–Trinajstić information content (AvgIpc) is 2.90. The molecule has 1 aromatic rings. The van der Waals surface area contributed by atoms with E-state index in [0.717, 1.165) is 18.9 Å². The van der Waals surface area contributed by atoms with E-state index in [0.29, 0.717) is 18.9 Å². The molecule has 2 bridgehead atoms. The minimum Gasteiger partial charge on any atom is -0.355 e. The van der Waals surface area contributed by atoms with Crippen molar-refractivity contribution < 1.29 is 26.4 Å². The van der Waals surface area contributed by atoms with Crippen molar-refractivity contribution in [2.45, 2.75) is 57.2 Å². The van der Waals surface area contributed by atoms with Crippen LogP contribution in [0, 0.1) is 23.4 Å². The van der Waals surface area contributed by atoms with Crippen LogP contribution < -0.4 is 11.1 Å². The van der Waals surface area contributed by atoms with Crippen LogP contribution in [0.15, 0.2) is 12.1 Å². The molecule has 162 valence electrons. The van der Waals surface area contributed by atoms with Crippen LogP contribution in [0.25, 0.3) is 0 Å². The summed E-state index contributed by atoms with van der Waals surface area (Å²) in [5, 5.41) is 2.50. The van der Waals surface area contributed by atoms with Crippen molar-refractivity contribution in [1.29, 1.82) is 0 Å². The zero-order valence-corrected chi connectivity index (χ0v) is 17.0. The van der Waals surface area contributed by atoms with Crippen LogP contribution in [0.4, 0.5) is 13.2 Å². The van der Waals surface area contributed by atoms with Crippen LogP contribution in [-0.2, 0) is 21.2 Å². The molecule has 3 N–H and O–H groups in total. The maximum Gasteiger partial charge on any atom is 0.216 e. The summed E-state index contributed by atoms with van der Waals surface area (Å²) in [5.41, 5.74) is 6.28. The first kappa shape index (κ1) is 22.0. The molecule has 1 amide bonds. The molecule has 2 saturated heterocycles. The van der Waals surface area contributed by atoms with Gasteiger partial charge in [0.15, 0.2) is 11.6 Å². The lowest BCUT2D eigenvalue weighted by Gasteiger charge is -2.40. The van der Waals surface area contributed by atoms with Gasteiger partial charge in [-0.2, -0.15) is 4.31 Å². The van der Waals surface area contributed by atoms with Crippen LogP contribution in [-0.4, -0.2) is 49.1 Å². The van der Waals surface area contributed by atoms with E-state index < -0.39 is 33.5 Å². The predicted octanol–water partition coefficient (Wildman–Crippen LogP) is 1.68. The number of benzene rings is 1. The van der Waals surface area contributed by atoms with E-state index in [9.17, 15) is 26.4 Å². The Morgan fingerprint density at radius 2 is 1.76 bits per heavy atom. The molecule has 0 radical (unpaired) electrons. The highest BCUT2D eigenvalue weighted by Gasteiger charge is 2.47. The fourth-order valence-electron chi connectivity index (χ4n) is 4.58. The molecule has 3 atom stereocenters. The van der Waals surface area contributed by atoms with Crippen LogP contribution in [0.5, 0.6) is 0 Å². The molecule has 0 aliphatic carbocycles. The predicted molar refractivity (Wildman–Crippen MR) is 102 cm³/mol. The Hall–Kier alpha value is -1.65. The van der Waals surface area contributed by atoms with Crippen molar-refractivity contribution in [1.82, 2.24) is 9.62 Å². The Morgan fingerprint density at radius 1 is 1.17 bits per heavy atom. The smallest absolute Gasteiger partial charge is 0.216 e. The SMILES string of the molecule is CC(=O)NCCS(=O)(=O)N1[C@@H]2CC[C@@H]1CC([C@@H](N)Cc1cc(F)c(F)cc1F)C2. The minimum absolute atomic E-state index is 0.0223. The van der Waals surface area contributed by atoms with Crippen molar-refractivity contribution in [2.75, 3.05) is 12.3 Å². The number of rotatable bonds is 7. The van der Waals surface area contributed by atoms with Gasteiger partial charge in [0.2, 0.25) is 15.9 Å². The Morgan fingerprint density at radius 3 is 2.34 bits per heavy atom. The van der Waals surface area contributed by atoms with Crippen LogP contribution in [0.3, 0.4) is 0 Å². The summed E-state index contributed by atoms with van der Waals surface area (Å²) in [7, 11) is -3.51. The second kappa shape index (κ2) is 8.61. The van der Waals surface area contributed by atoms with Gasteiger partial charge >= 0.3 is 0 Å². The first-order chi connectivity index (χ1) is 13.6. The number of nitrogens with zero attached hydrogens (tertiary/aromatic N) is 1. The van der Waals surface area contributed by atoms with Gasteiger partial charge in [0.1, 0.15) is 5.82 Å². The molecule has 0 aromatic heterocycles. The number of sulfonamides is 1. The number of hydrogen-bond acceptors (Lipinski definition) is 4. The Bertz CT molecular complexity index is 867. The molecule has 2 fully saturated rings. The monoisotopic (exact) mass is 433 g/mol. The van der Waals surface area contributed by atoms with Crippen molar-refractivity contribution in [3.05, 3.63) is 35.1 Å². The Balaban J connectivity index is 1.65. The van der Waals surface area contributed by atoms with Crippen molar-refractivity contribution >= 4 is 15.9 Å². The first-order valence-corrected chi connectivity index (χ1v) is 11.3. The summed E-state index contributed by atoms with van der Waals surface area (Å²) in [6.45, 7) is 1.39. The molecular formula is C19H26F3N3O3S. The van der Waals surface area contributed by atoms with Crippen molar-refractivity contribution in [2.24, 2.45) is 11.7 Å². The van der Waals surface area contributed by atoms with Gasteiger partial charge in [-0.1, -0.05) is 0 Å². The molecule has 2 heterocycles. The number of carbonyl (C=O) groups excluding carboxylic acids is 1. The fourth-order valence-corrected chi connectivity index (χ4v) is 6.44. The van der Waals surface area contributed by atoms with E-state index in [-0.39, 0.29) is 48.2 Å². The lowest BCUT2D eigenvalue weighted by atomic mass is 9.83. The second-order valence-electron chi connectivity index (χ2n) is 7.97. The third kappa shape index (κ3) is 4.92. The highest BCUT2D eigenvalue weighted by Crippen LogP contribution is 2.41. The van der Waals surface area contributed by atoms with Gasteiger partial charge < -0.3 is 11.1 Å². The van der Waals surface area contributed by atoms with E-state index in [2.05, 4.69) is 5.32 Å². The van der Waals surface area contributed by atoms with E-state index in [1.165, 1.54) is 6.92 Å². The quantitative estimate of drug-likeness (QED) is 0.640. The van der Waals surface area contributed by atoms with Gasteiger partial charge in [-0.3, -0.25) is 4.79 Å². The number of hydrogen-bond donors (Lipinski definition) is 2. The molecule has 1 aromatic carbocycles. The van der Waals surface area contributed by atoms with Crippen LogP contribution >= 0.6 is 0 Å². The van der Waals surface area contributed by atoms with Crippen molar-refractivity contribution in [3.63, 3.8) is 0 Å². The molecule has 3 rings (SSSR count). The molecule has 0 spiro atoms. The molecule has 0 unspecified atom stereocenters. The molecule has 0 saturated carbocycles. The lowest BCUT2D eigenvalue weighted by Crippen LogP contribution is -2.51. The highest BCUT2D eigenvalue weighted by atomic mass is 32.2. The third-order valence-electron chi connectivity index (χ3n) is 5.91. The van der Waals surface area contributed by atoms with E-state index in [1.54, 1.807) is 4.31 Å². The molecule has 10 heteroatoms. The number of amides is 1. The van der Waals surface area contributed by atoms with Gasteiger partial charge in [0.25, 0.3) is 0 Å². The number of carbonyl (C=O) groups is 1. The fraction of sp³-hybridized carbons (Fsp3) is 0.632. The topological polar surface area (TPSA) is 92.5 Å². The average molecular weight is 433 g/mol. The normalized spacial score (nSPS) is 25.8. The minimum atomic E-state index is -3.51. The van der Waals surface area contributed by atoms with Crippen molar-refractivity contribution in [3.8, 4) is 0 Å². The maximum atomic E-state index is 13.9. The number of piperidine rings is 1. The molecular weight excluding hydrogens is 407 g/mol. The summed E-state index contributed by atoms with van der Waals surface area (Å²) in [6, 6.07) is 0.511. The standard InChI is InChI=1S/C19H26F3N3O3S/c1-11(26)24-4-5-29(27,28)25-14-2-3-15(25)7-13(6-14)19(23)9-12-8-17(21)18(22)10-16(12)20/h8,10,13-15,19H,2-7,9,23H2,1H3,(H,24,26)/t14-,15-,19+/m1/s1. The van der Waals surface area contributed by atoms with Gasteiger partial charge in [-0.25, -0.2) is 21.6 Å². The van der Waals surface area contributed by atoms with E-state index in [1.807, 2.05) is 0 Å². The Labute approximate surface area is 168 Å². The second-order valence-corrected chi connectivity index (χ2v) is 9.96. The number of nitrogens with two attached hydrogens (primary N) is 1. The lowest BCUT2D eigenvalue weighted by molar-refractivity contribution is -0.118. The van der Waals surface area contributed by atoms with E-state index >= 15 is 0 Å². The van der Waals surface area contributed by atoms with Gasteiger partial charge in [0, 0.05) is 37.7 Å². The summed E-state index contributed by atoms with van der Waals surface area (Å²) in [4.78, 5) is 11.0.